The third-order valence-electron chi connectivity index (χ3n) is 2.96. The molecule has 14 heavy (non-hydrogen) atoms. The predicted molar refractivity (Wildman–Crippen MR) is 51.0 cm³/mol. The molecule has 1 aromatic carbocycles. The molecular formula is C11H11NO2. The second-order valence-corrected chi connectivity index (χ2v) is 3.97. The smallest absolute Gasteiger partial charge is 0.408 e. The van der Waals surface area contributed by atoms with Crippen LogP contribution < -0.4 is 5.32 Å². The summed E-state index contributed by atoms with van der Waals surface area (Å²) in [5.74, 6) is 0. The van der Waals surface area contributed by atoms with Crippen molar-refractivity contribution in [1.82, 2.24) is 5.32 Å². The van der Waals surface area contributed by atoms with Crippen LogP contribution in [0.5, 0.6) is 0 Å². The Morgan fingerprint density at radius 1 is 1.50 bits per heavy atom. The standard InChI is InChI=1S/C11H11NO2/c1-6-2-3-7-5-9-10(8(7)4-6)12-11(13)14-9/h2-4,9-10H,5H2,1H3,(H,12,13)/t9-,10+/m1/s1. The molecule has 0 spiro atoms. The molecule has 0 aromatic heterocycles. The first-order valence-electron chi connectivity index (χ1n) is 4.80. The maximum atomic E-state index is 11.0. The second-order valence-electron chi connectivity index (χ2n) is 3.97. The molecule has 1 aliphatic heterocycles. The minimum atomic E-state index is -0.285. The normalized spacial score (nSPS) is 27.9. The Bertz CT molecular complexity index is 414. The van der Waals surface area contributed by atoms with Gasteiger partial charge in [-0.1, -0.05) is 23.8 Å². The van der Waals surface area contributed by atoms with E-state index < -0.39 is 0 Å². The lowest BCUT2D eigenvalue weighted by molar-refractivity contribution is 0.136. The number of hydrogen-bond donors (Lipinski definition) is 1. The minimum Gasteiger partial charge on any atom is -0.443 e. The van der Waals surface area contributed by atoms with E-state index in [-0.39, 0.29) is 18.2 Å². The zero-order chi connectivity index (χ0) is 9.71. The Morgan fingerprint density at radius 3 is 3.21 bits per heavy atom. The van der Waals surface area contributed by atoms with Crippen LogP contribution in [-0.2, 0) is 11.2 Å². The number of alkyl carbamates (subject to hydrolysis) is 1. The number of ether oxygens (including phenoxy) is 1. The second kappa shape index (κ2) is 2.50. The summed E-state index contributed by atoms with van der Waals surface area (Å²) < 4.78 is 5.16. The average Bonchev–Trinajstić information content (AvgIpc) is 2.62. The lowest BCUT2D eigenvalue weighted by Gasteiger charge is -2.07. The molecule has 3 rings (SSSR count). The van der Waals surface area contributed by atoms with Gasteiger partial charge in [0.2, 0.25) is 0 Å². The first-order valence-corrected chi connectivity index (χ1v) is 4.80. The quantitative estimate of drug-likeness (QED) is 0.674. The van der Waals surface area contributed by atoms with E-state index >= 15 is 0 Å². The third kappa shape index (κ3) is 0.953. The molecule has 0 unspecified atom stereocenters. The van der Waals surface area contributed by atoms with Gasteiger partial charge in [0.25, 0.3) is 0 Å². The molecule has 1 N–H and O–H groups in total. The molecule has 1 amide bonds. The Morgan fingerprint density at radius 2 is 2.36 bits per heavy atom. The summed E-state index contributed by atoms with van der Waals surface area (Å²) in [6, 6.07) is 6.44. The van der Waals surface area contributed by atoms with Crippen molar-refractivity contribution in [2.75, 3.05) is 0 Å². The van der Waals surface area contributed by atoms with E-state index in [1.54, 1.807) is 0 Å². The summed E-state index contributed by atoms with van der Waals surface area (Å²) in [5, 5.41) is 2.84. The van der Waals surface area contributed by atoms with Crippen LogP contribution >= 0.6 is 0 Å². The van der Waals surface area contributed by atoms with E-state index in [2.05, 4.69) is 30.4 Å². The van der Waals surface area contributed by atoms with E-state index in [4.69, 9.17) is 4.74 Å². The van der Waals surface area contributed by atoms with E-state index in [0.717, 1.165) is 6.42 Å². The number of amides is 1. The number of rotatable bonds is 0. The van der Waals surface area contributed by atoms with Crippen molar-refractivity contribution < 1.29 is 9.53 Å². The van der Waals surface area contributed by atoms with Crippen LogP contribution in [0.2, 0.25) is 0 Å². The number of aryl methyl sites for hydroxylation is 1. The SMILES string of the molecule is Cc1ccc2c(c1)[C@@H]1NC(=O)O[C@@H]1C2. The number of carbonyl (C=O) groups excluding carboxylic acids is 1. The lowest BCUT2D eigenvalue weighted by Crippen LogP contribution is -2.18. The van der Waals surface area contributed by atoms with Crippen LogP contribution in [-0.4, -0.2) is 12.2 Å². The number of nitrogens with one attached hydrogen (secondary N) is 1. The average molecular weight is 189 g/mol. The predicted octanol–water partition coefficient (Wildman–Crippen LogP) is 1.70. The van der Waals surface area contributed by atoms with Crippen molar-refractivity contribution in [3.05, 3.63) is 34.9 Å². The Balaban J connectivity index is 2.07. The van der Waals surface area contributed by atoms with Crippen molar-refractivity contribution in [3.8, 4) is 0 Å². The fraction of sp³-hybridized carbons (Fsp3) is 0.364. The molecular weight excluding hydrogens is 178 g/mol. The highest BCUT2D eigenvalue weighted by Gasteiger charge is 2.41. The van der Waals surface area contributed by atoms with Crippen LogP contribution in [0, 0.1) is 6.92 Å². The van der Waals surface area contributed by atoms with E-state index in [9.17, 15) is 4.79 Å². The Labute approximate surface area is 82.1 Å². The van der Waals surface area contributed by atoms with Gasteiger partial charge in [0.1, 0.15) is 6.10 Å². The number of carbonyl (C=O) groups is 1. The summed E-state index contributed by atoms with van der Waals surface area (Å²) in [6.45, 7) is 2.06. The van der Waals surface area contributed by atoms with Gasteiger partial charge in [-0.3, -0.25) is 0 Å². The number of hydrogen-bond acceptors (Lipinski definition) is 2. The number of fused-ring (bicyclic) bond motifs is 3. The molecule has 0 bridgehead atoms. The first-order chi connectivity index (χ1) is 6.74. The fourth-order valence-electron chi connectivity index (χ4n) is 2.30. The molecule has 72 valence electrons. The Kier molecular flexibility index (Phi) is 1.40. The van der Waals surface area contributed by atoms with Gasteiger partial charge in [-0.25, -0.2) is 4.79 Å². The lowest BCUT2D eigenvalue weighted by atomic mass is 10.1. The third-order valence-corrected chi connectivity index (χ3v) is 2.96. The van der Waals surface area contributed by atoms with Gasteiger partial charge in [-0.2, -0.15) is 0 Å². The van der Waals surface area contributed by atoms with Gasteiger partial charge in [-0.05, 0) is 18.1 Å². The fourth-order valence-corrected chi connectivity index (χ4v) is 2.30. The zero-order valence-corrected chi connectivity index (χ0v) is 7.91. The van der Waals surface area contributed by atoms with Gasteiger partial charge >= 0.3 is 6.09 Å². The summed E-state index contributed by atoms with van der Waals surface area (Å²) in [5.41, 5.74) is 3.75. The van der Waals surface area contributed by atoms with Crippen LogP contribution in [0.4, 0.5) is 4.79 Å². The summed E-state index contributed by atoms with van der Waals surface area (Å²) in [6.07, 6.45) is 0.574. The van der Waals surface area contributed by atoms with Crippen molar-refractivity contribution >= 4 is 6.09 Å². The molecule has 3 nitrogen and oxygen atoms in total. The molecule has 1 aliphatic carbocycles. The molecule has 1 aromatic rings. The van der Waals surface area contributed by atoms with Crippen LogP contribution in [0.1, 0.15) is 22.7 Å². The topological polar surface area (TPSA) is 38.3 Å². The monoisotopic (exact) mass is 189 g/mol. The van der Waals surface area contributed by atoms with Crippen molar-refractivity contribution in [3.63, 3.8) is 0 Å². The first kappa shape index (κ1) is 7.85. The van der Waals surface area contributed by atoms with Crippen molar-refractivity contribution in [2.24, 2.45) is 0 Å². The molecule has 2 atom stereocenters. The van der Waals surface area contributed by atoms with Crippen molar-refractivity contribution in [1.29, 1.82) is 0 Å². The molecule has 1 heterocycles. The molecule has 2 aliphatic rings. The van der Waals surface area contributed by atoms with Crippen molar-refractivity contribution in [2.45, 2.75) is 25.5 Å². The van der Waals surface area contributed by atoms with E-state index in [1.807, 2.05) is 0 Å². The van der Waals surface area contributed by atoms with Gasteiger partial charge in [0, 0.05) is 6.42 Å². The van der Waals surface area contributed by atoms with Crippen LogP contribution in [0.3, 0.4) is 0 Å². The molecule has 0 saturated carbocycles. The largest absolute Gasteiger partial charge is 0.443 e. The highest BCUT2D eigenvalue weighted by Crippen LogP contribution is 2.36. The van der Waals surface area contributed by atoms with E-state index in [1.165, 1.54) is 16.7 Å². The summed E-state index contributed by atoms with van der Waals surface area (Å²) >= 11 is 0. The van der Waals surface area contributed by atoms with Crippen LogP contribution in [0.25, 0.3) is 0 Å². The van der Waals surface area contributed by atoms with Gasteiger partial charge in [-0.15, -0.1) is 0 Å². The van der Waals surface area contributed by atoms with Gasteiger partial charge in [0.15, 0.2) is 0 Å². The molecule has 3 heteroatoms. The maximum Gasteiger partial charge on any atom is 0.408 e. The highest BCUT2D eigenvalue weighted by molar-refractivity contribution is 5.71. The van der Waals surface area contributed by atoms with Crippen LogP contribution in [0.15, 0.2) is 18.2 Å². The Hall–Kier alpha value is -1.51. The van der Waals surface area contributed by atoms with E-state index in [0.29, 0.717) is 0 Å². The summed E-state index contributed by atoms with van der Waals surface area (Å²) in [7, 11) is 0. The molecule has 0 radical (unpaired) electrons. The molecule has 1 saturated heterocycles. The molecule has 1 fully saturated rings. The highest BCUT2D eigenvalue weighted by atomic mass is 16.6. The summed E-state index contributed by atoms with van der Waals surface area (Å²) in [4.78, 5) is 11.0. The number of benzene rings is 1. The van der Waals surface area contributed by atoms with Gasteiger partial charge < -0.3 is 10.1 Å². The zero-order valence-electron chi connectivity index (χ0n) is 7.91. The maximum absolute atomic E-state index is 11.0. The van der Waals surface area contributed by atoms with Gasteiger partial charge in [0.05, 0.1) is 6.04 Å². The minimum absolute atomic E-state index is 0.0132.